The second-order valence-corrected chi connectivity index (χ2v) is 4.91. The number of amides is 2. The lowest BCUT2D eigenvalue weighted by atomic mass is 10.2. The molecule has 3 aromatic rings. The van der Waals surface area contributed by atoms with E-state index in [1.54, 1.807) is 0 Å². The Morgan fingerprint density at radius 1 is 1.08 bits per heavy atom. The van der Waals surface area contributed by atoms with Gasteiger partial charge in [0.25, 0.3) is 5.89 Å². The van der Waals surface area contributed by atoms with Crippen molar-refractivity contribution in [3.63, 3.8) is 0 Å². The predicted molar refractivity (Wildman–Crippen MR) is 83.8 cm³/mol. The third-order valence-electron chi connectivity index (χ3n) is 3.37. The van der Waals surface area contributed by atoms with Crippen LogP contribution in [0.15, 0.2) is 33.2 Å². The van der Waals surface area contributed by atoms with E-state index < -0.39 is 18.2 Å². The number of aromatic carboxylic acids is 1. The fourth-order valence-corrected chi connectivity index (χ4v) is 2.27. The van der Waals surface area contributed by atoms with Crippen molar-refractivity contribution in [1.82, 2.24) is 4.98 Å². The number of carboxylic acid groups (broad SMARTS) is 3. The van der Waals surface area contributed by atoms with Crippen LogP contribution in [-0.2, 0) is 0 Å². The zero-order valence-electron chi connectivity index (χ0n) is 13.0. The summed E-state index contributed by atoms with van der Waals surface area (Å²) in [6.07, 6.45) is -2.44. The Labute approximate surface area is 143 Å². The van der Waals surface area contributed by atoms with Gasteiger partial charge in [-0.3, -0.25) is 0 Å². The molecule has 0 atom stereocenters. The van der Waals surface area contributed by atoms with Gasteiger partial charge in [-0.15, -0.1) is 0 Å². The molecule has 0 fully saturated rings. The number of fused-ring (bicyclic) bond motifs is 1. The number of methoxy groups -OCH3 is 1. The Hall–Kier alpha value is -4.02. The molecule has 0 radical (unpaired) electrons. The van der Waals surface area contributed by atoms with E-state index in [0.29, 0.717) is 5.39 Å². The van der Waals surface area contributed by atoms with Crippen LogP contribution in [0.1, 0.15) is 10.6 Å². The fourth-order valence-electron chi connectivity index (χ4n) is 2.27. The molecule has 1 aromatic carbocycles. The van der Waals surface area contributed by atoms with E-state index in [1.807, 2.05) is 0 Å². The molecule has 0 bridgehead atoms. The maximum Gasteiger partial charge on any atom is 0.421 e. The van der Waals surface area contributed by atoms with E-state index in [2.05, 4.69) is 4.98 Å². The van der Waals surface area contributed by atoms with Crippen LogP contribution in [0.5, 0.6) is 5.75 Å². The summed E-state index contributed by atoms with van der Waals surface area (Å²) in [4.78, 5) is 37.2. The third-order valence-corrected chi connectivity index (χ3v) is 3.37. The monoisotopic (exact) mass is 362 g/mol. The summed E-state index contributed by atoms with van der Waals surface area (Å²) in [5.74, 6) is -1.74. The molecule has 0 saturated heterocycles. The maximum atomic E-state index is 11.2. The largest absolute Gasteiger partial charge is 0.495 e. The van der Waals surface area contributed by atoms with Gasteiger partial charge in [0.2, 0.25) is 5.76 Å². The molecule has 2 heterocycles. The highest BCUT2D eigenvalue weighted by atomic mass is 16.5. The Morgan fingerprint density at radius 2 is 1.77 bits per heavy atom. The molecule has 0 saturated carbocycles. The number of hydrogen-bond donors (Lipinski definition) is 3. The van der Waals surface area contributed by atoms with E-state index >= 15 is 0 Å². The highest BCUT2D eigenvalue weighted by Gasteiger charge is 2.27. The SMILES string of the molecule is COc1cc2cc(-c3ncc(C(=O)O)o3)oc2cc1N(C(=O)O)C(=O)O. The fraction of sp³-hybridized carbons (Fsp3) is 0.0667. The molecule has 26 heavy (non-hydrogen) atoms. The van der Waals surface area contributed by atoms with Crippen LogP contribution in [0.4, 0.5) is 15.3 Å². The Morgan fingerprint density at radius 3 is 2.31 bits per heavy atom. The summed E-state index contributed by atoms with van der Waals surface area (Å²) in [6, 6.07) is 4.00. The van der Waals surface area contributed by atoms with Crippen LogP contribution in [0.3, 0.4) is 0 Å². The minimum atomic E-state index is -1.72. The maximum absolute atomic E-state index is 11.2. The van der Waals surface area contributed by atoms with Gasteiger partial charge in [-0.1, -0.05) is 0 Å². The van der Waals surface area contributed by atoms with Crippen molar-refractivity contribution < 1.29 is 43.3 Å². The first-order chi connectivity index (χ1) is 12.3. The molecule has 2 aromatic heterocycles. The lowest BCUT2D eigenvalue weighted by Gasteiger charge is -2.16. The van der Waals surface area contributed by atoms with Gasteiger partial charge in [0.15, 0.2) is 5.76 Å². The number of imide groups is 1. The van der Waals surface area contributed by atoms with Crippen molar-refractivity contribution >= 4 is 34.8 Å². The van der Waals surface area contributed by atoms with Gasteiger partial charge in [0, 0.05) is 11.5 Å². The molecule has 11 nitrogen and oxygen atoms in total. The number of furan rings is 1. The van der Waals surface area contributed by atoms with Crippen LogP contribution in [-0.4, -0.2) is 45.6 Å². The molecular weight excluding hydrogens is 352 g/mol. The van der Waals surface area contributed by atoms with Gasteiger partial charge < -0.3 is 28.9 Å². The number of hydrogen-bond acceptors (Lipinski definition) is 7. The minimum absolute atomic E-state index is 0.0201. The van der Waals surface area contributed by atoms with Crippen molar-refractivity contribution in [2.24, 2.45) is 0 Å². The van der Waals surface area contributed by atoms with E-state index in [0.717, 1.165) is 6.20 Å². The Kier molecular flexibility index (Phi) is 3.96. The summed E-state index contributed by atoms with van der Waals surface area (Å²) in [5, 5.41) is 27.5. The number of oxazole rings is 1. The van der Waals surface area contributed by atoms with Gasteiger partial charge in [-0.05, 0) is 12.1 Å². The number of carboxylic acids is 1. The third kappa shape index (κ3) is 2.77. The van der Waals surface area contributed by atoms with Gasteiger partial charge in [0.05, 0.1) is 13.3 Å². The first kappa shape index (κ1) is 16.8. The standard InChI is InChI=1S/C15H10N2O9/c1-24-9-2-6-3-10(12-16-5-11(26-12)13(18)19)25-8(6)4-7(9)17(14(20)21)15(22)23/h2-5H,1H3,(H,18,19)(H,20,21)(H,22,23). The smallest absolute Gasteiger partial charge is 0.421 e. The highest BCUT2D eigenvalue weighted by molar-refractivity contribution is 6.10. The van der Waals surface area contributed by atoms with Crippen molar-refractivity contribution in [2.45, 2.75) is 0 Å². The zero-order chi connectivity index (χ0) is 19.0. The van der Waals surface area contributed by atoms with Crippen LogP contribution >= 0.6 is 0 Å². The Balaban J connectivity index is 2.13. The van der Waals surface area contributed by atoms with E-state index in [-0.39, 0.29) is 39.3 Å². The van der Waals surface area contributed by atoms with E-state index in [1.165, 1.54) is 25.3 Å². The van der Waals surface area contributed by atoms with Gasteiger partial charge in [-0.25, -0.2) is 19.4 Å². The molecule has 2 amide bonds. The highest BCUT2D eigenvalue weighted by Crippen LogP contribution is 2.37. The molecular formula is C15H10N2O9. The molecule has 0 aliphatic heterocycles. The first-order valence-corrected chi connectivity index (χ1v) is 6.89. The Bertz CT molecular complexity index is 1020. The molecule has 0 spiro atoms. The molecule has 3 rings (SSSR count). The number of rotatable bonds is 4. The molecule has 0 aliphatic rings. The molecule has 0 aliphatic carbocycles. The van der Waals surface area contributed by atoms with Crippen LogP contribution in [0, 0.1) is 0 Å². The second-order valence-electron chi connectivity index (χ2n) is 4.91. The molecule has 11 heteroatoms. The van der Waals surface area contributed by atoms with Crippen LogP contribution < -0.4 is 9.64 Å². The zero-order valence-corrected chi connectivity index (χ0v) is 13.0. The van der Waals surface area contributed by atoms with Crippen molar-refractivity contribution in [3.8, 4) is 17.4 Å². The number of anilines is 1. The molecule has 134 valence electrons. The topological polar surface area (TPSA) is 164 Å². The van der Waals surface area contributed by atoms with Gasteiger partial charge in [0.1, 0.15) is 17.0 Å². The lowest BCUT2D eigenvalue weighted by Crippen LogP contribution is -2.34. The van der Waals surface area contributed by atoms with Crippen molar-refractivity contribution in [1.29, 1.82) is 0 Å². The predicted octanol–water partition coefficient (Wildman–Crippen LogP) is 2.96. The van der Waals surface area contributed by atoms with Crippen molar-refractivity contribution in [3.05, 3.63) is 30.2 Å². The van der Waals surface area contributed by atoms with Crippen LogP contribution in [0.2, 0.25) is 0 Å². The van der Waals surface area contributed by atoms with Crippen molar-refractivity contribution in [2.75, 3.05) is 12.0 Å². The average molecular weight is 362 g/mol. The summed E-state index contributed by atoms with van der Waals surface area (Å²) in [5.41, 5.74) is -0.141. The first-order valence-electron chi connectivity index (χ1n) is 6.89. The average Bonchev–Trinajstić information content (AvgIpc) is 3.19. The number of carbonyl (C=O) groups is 3. The number of nitrogens with zero attached hydrogens (tertiary/aromatic N) is 2. The van der Waals surface area contributed by atoms with E-state index in [4.69, 9.17) is 28.9 Å². The summed E-state index contributed by atoms with van der Waals surface area (Å²) < 4.78 is 15.6. The minimum Gasteiger partial charge on any atom is -0.495 e. The van der Waals surface area contributed by atoms with Gasteiger partial charge >= 0.3 is 18.2 Å². The number of benzene rings is 1. The van der Waals surface area contributed by atoms with Gasteiger partial charge in [-0.2, -0.15) is 4.90 Å². The van der Waals surface area contributed by atoms with E-state index in [9.17, 15) is 14.4 Å². The normalized spacial score (nSPS) is 10.7. The number of aromatic nitrogens is 1. The van der Waals surface area contributed by atoms with Crippen LogP contribution in [0.25, 0.3) is 22.6 Å². The number of ether oxygens (including phenoxy) is 1. The second kappa shape index (κ2) is 6.12. The summed E-state index contributed by atoms with van der Waals surface area (Å²) in [6.45, 7) is 0. The molecule has 0 unspecified atom stereocenters. The summed E-state index contributed by atoms with van der Waals surface area (Å²) in [7, 11) is 1.25. The lowest BCUT2D eigenvalue weighted by molar-refractivity contribution is 0.0663. The molecule has 3 N–H and O–H groups in total. The quantitative estimate of drug-likeness (QED) is 0.628. The summed E-state index contributed by atoms with van der Waals surface area (Å²) >= 11 is 0.